The van der Waals surface area contributed by atoms with E-state index < -0.39 is 24.0 Å². The number of nitrogens with zero attached hydrogens (tertiary/aromatic N) is 5. The molecule has 0 unspecified atom stereocenters. The van der Waals surface area contributed by atoms with Crippen LogP contribution in [-0.2, 0) is 13.7 Å². The van der Waals surface area contributed by atoms with Crippen LogP contribution in [-0.4, -0.2) is 41.1 Å². The summed E-state index contributed by atoms with van der Waals surface area (Å²) in [4.78, 5) is 21.4. The number of hydrogen-bond donors (Lipinski definition) is 3. The lowest BCUT2D eigenvalue weighted by Gasteiger charge is -2.18. The minimum atomic E-state index is -0.775. The Balaban J connectivity index is 1.63. The quantitative estimate of drug-likeness (QED) is 0.380. The van der Waals surface area contributed by atoms with E-state index in [4.69, 9.17) is 11.6 Å². The van der Waals surface area contributed by atoms with E-state index in [0.717, 1.165) is 0 Å². The number of anilines is 2. The average molecular weight is 471 g/mol. The monoisotopic (exact) mass is 470 g/mol. The Kier molecular flexibility index (Phi) is 6.50. The fourth-order valence-corrected chi connectivity index (χ4v) is 3.55. The van der Waals surface area contributed by atoms with Gasteiger partial charge < -0.3 is 20.1 Å². The Morgan fingerprint density at radius 2 is 2.03 bits per heavy atom. The van der Waals surface area contributed by atoms with Crippen LogP contribution in [0.4, 0.5) is 16.0 Å². The average Bonchev–Trinajstić information content (AvgIpc) is 3.16. The maximum Gasteiger partial charge on any atom is 0.251 e. The molecule has 4 aromatic rings. The van der Waals surface area contributed by atoms with E-state index in [0.29, 0.717) is 28.2 Å². The number of pyridine rings is 1. The van der Waals surface area contributed by atoms with Crippen LogP contribution in [0.3, 0.4) is 0 Å². The van der Waals surface area contributed by atoms with Crippen molar-refractivity contribution in [3.8, 4) is 11.3 Å². The number of aliphatic hydroxyl groups excluding tert-OH is 2. The van der Waals surface area contributed by atoms with Gasteiger partial charge >= 0.3 is 0 Å². The van der Waals surface area contributed by atoms with Crippen LogP contribution in [0.15, 0.2) is 59.8 Å². The molecule has 3 N–H and O–H groups in total. The molecule has 0 spiro atoms. The Hall–Kier alpha value is -3.60. The van der Waals surface area contributed by atoms with E-state index in [1.54, 1.807) is 36.1 Å². The van der Waals surface area contributed by atoms with Gasteiger partial charge in [0.1, 0.15) is 11.5 Å². The van der Waals surface area contributed by atoms with Crippen LogP contribution < -0.4 is 10.9 Å². The summed E-state index contributed by atoms with van der Waals surface area (Å²) in [7, 11) is 1.73. The number of rotatable bonds is 7. The molecule has 0 saturated heterocycles. The van der Waals surface area contributed by atoms with Crippen molar-refractivity contribution in [3.05, 3.63) is 87.4 Å². The van der Waals surface area contributed by atoms with Crippen molar-refractivity contribution < 1.29 is 14.6 Å². The molecular formula is C22H20ClFN6O3. The number of nitrogens with one attached hydrogen (secondary N) is 1. The van der Waals surface area contributed by atoms with Gasteiger partial charge in [0.2, 0.25) is 5.95 Å². The van der Waals surface area contributed by atoms with Crippen molar-refractivity contribution in [3.63, 3.8) is 0 Å². The third kappa shape index (κ3) is 4.77. The molecule has 0 bridgehead atoms. The van der Waals surface area contributed by atoms with Gasteiger partial charge in [0.25, 0.3) is 5.56 Å². The summed E-state index contributed by atoms with van der Waals surface area (Å²) in [5, 5.41) is 26.4. The van der Waals surface area contributed by atoms with E-state index >= 15 is 0 Å². The van der Waals surface area contributed by atoms with Crippen LogP contribution in [0.5, 0.6) is 0 Å². The highest BCUT2D eigenvalue weighted by Crippen LogP contribution is 2.24. The predicted molar refractivity (Wildman–Crippen MR) is 121 cm³/mol. The smallest absolute Gasteiger partial charge is 0.251 e. The zero-order valence-electron chi connectivity index (χ0n) is 17.5. The molecule has 170 valence electrons. The van der Waals surface area contributed by atoms with Crippen LogP contribution in [0.2, 0.25) is 5.02 Å². The van der Waals surface area contributed by atoms with E-state index in [1.165, 1.54) is 35.2 Å². The van der Waals surface area contributed by atoms with Gasteiger partial charge in [0, 0.05) is 37.3 Å². The van der Waals surface area contributed by atoms with Crippen molar-refractivity contribution >= 4 is 23.2 Å². The lowest BCUT2D eigenvalue weighted by molar-refractivity contribution is 0.247. The standard InChI is InChI=1S/C22H20ClFN6O3/c1-29-10-18(19(11-31)28-29)27-22-25-6-4-17(26-22)13-5-7-30(21(33)9-13)20(12-32)14-2-3-15(23)16(24)8-14/h2-10,20,31-32H,11-12H2,1H3,(H,25,26,27)/t20-/m1/s1. The minimum absolute atomic E-state index is 0.0382. The van der Waals surface area contributed by atoms with Crippen molar-refractivity contribution in [1.82, 2.24) is 24.3 Å². The molecule has 0 aliphatic heterocycles. The van der Waals surface area contributed by atoms with Crippen LogP contribution >= 0.6 is 11.6 Å². The number of hydrogen-bond acceptors (Lipinski definition) is 7. The number of aromatic nitrogens is 5. The first-order valence-electron chi connectivity index (χ1n) is 9.91. The molecule has 4 rings (SSSR count). The maximum atomic E-state index is 13.9. The van der Waals surface area contributed by atoms with E-state index in [9.17, 15) is 19.4 Å². The van der Waals surface area contributed by atoms with Gasteiger partial charge in [-0.2, -0.15) is 5.10 Å². The number of benzene rings is 1. The third-order valence-electron chi connectivity index (χ3n) is 5.04. The Bertz CT molecular complexity index is 1360. The number of aryl methyl sites for hydroxylation is 1. The summed E-state index contributed by atoms with van der Waals surface area (Å²) in [5.41, 5.74) is 2.05. The van der Waals surface area contributed by atoms with Crippen molar-refractivity contribution in [2.24, 2.45) is 7.05 Å². The molecule has 0 amide bonds. The molecule has 11 heteroatoms. The summed E-state index contributed by atoms with van der Waals surface area (Å²) in [6.07, 6.45) is 4.75. The second-order valence-corrected chi connectivity index (χ2v) is 7.65. The summed E-state index contributed by atoms with van der Waals surface area (Å²) in [6, 6.07) is 8.07. The summed E-state index contributed by atoms with van der Waals surface area (Å²) in [6.45, 7) is -0.648. The van der Waals surface area contributed by atoms with Gasteiger partial charge in [-0.3, -0.25) is 9.48 Å². The molecule has 33 heavy (non-hydrogen) atoms. The van der Waals surface area contributed by atoms with Gasteiger partial charge in [-0.1, -0.05) is 17.7 Å². The van der Waals surface area contributed by atoms with E-state index in [1.807, 2.05) is 0 Å². The maximum absolute atomic E-state index is 13.9. The molecule has 0 saturated carbocycles. The predicted octanol–water partition coefficient (Wildman–Crippen LogP) is 2.65. The second kappa shape index (κ2) is 9.49. The molecular weight excluding hydrogens is 451 g/mol. The van der Waals surface area contributed by atoms with Gasteiger partial charge in [-0.05, 0) is 29.8 Å². The first kappa shape index (κ1) is 22.6. The Morgan fingerprint density at radius 1 is 1.21 bits per heavy atom. The van der Waals surface area contributed by atoms with Crippen LogP contribution in [0, 0.1) is 5.82 Å². The highest BCUT2D eigenvalue weighted by molar-refractivity contribution is 6.30. The summed E-state index contributed by atoms with van der Waals surface area (Å²) >= 11 is 5.74. The SMILES string of the molecule is Cn1cc(Nc2nccc(-c3ccn([C@H](CO)c4ccc(Cl)c(F)c4)c(=O)c3)n2)c(CO)n1. The molecule has 0 radical (unpaired) electrons. The molecule has 9 nitrogen and oxygen atoms in total. The molecule has 0 fully saturated rings. The lowest BCUT2D eigenvalue weighted by atomic mass is 10.1. The zero-order chi connectivity index (χ0) is 23.5. The third-order valence-corrected chi connectivity index (χ3v) is 5.34. The van der Waals surface area contributed by atoms with Crippen LogP contribution in [0.25, 0.3) is 11.3 Å². The van der Waals surface area contributed by atoms with Gasteiger partial charge in [0.15, 0.2) is 0 Å². The second-order valence-electron chi connectivity index (χ2n) is 7.24. The summed E-state index contributed by atoms with van der Waals surface area (Å²) < 4.78 is 16.8. The van der Waals surface area contributed by atoms with Crippen molar-refractivity contribution in [2.75, 3.05) is 11.9 Å². The van der Waals surface area contributed by atoms with Crippen molar-refractivity contribution in [1.29, 1.82) is 0 Å². The molecule has 1 aromatic carbocycles. The highest BCUT2D eigenvalue weighted by atomic mass is 35.5. The van der Waals surface area contributed by atoms with Gasteiger partial charge in [-0.15, -0.1) is 0 Å². The first-order chi connectivity index (χ1) is 15.9. The van der Waals surface area contributed by atoms with Crippen molar-refractivity contribution in [2.45, 2.75) is 12.6 Å². The van der Waals surface area contributed by atoms with Crippen LogP contribution in [0.1, 0.15) is 17.3 Å². The normalized spacial score (nSPS) is 12.0. The fourth-order valence-electron chi connectivity index (χ4n) is 3.44. The fraction of sp³-hybridized carbons (Fsp3) is 0.182. The number of aliphatic hydroxyl groups is 2. The molecule has 0 aliphatic rings. The largest absolute Gasteiger partial charge is 0.394 e. The molecule has 0 aliphatic carbocycles. The van der Waals surface area contributed by atoms with Gasteiger partial charge in [0.05, 0.1) is 35.7 Å². The number of halogens is 2. The van der Waals surface area contributed by atoms with E-state index in [-0.39, 0.29) is 17.6 Å². The van der Waals surface area contributed by atoms with E-state index in [2.05, 4.69) is 20.4 Å². The molecule has 3 heterocycles. The van der Waals surface area contributed by atoms with Gasteiger partial charge in [-0.25, -0.2) is 14.4 Å². The summed E-state index contributed by atoms with van der Waals surface area (Å²) in [5.74, 6) is -0.361. The highest BCUT2D eigenvalue weighted by Gasteiger charge is 2.17. The Labute approximate surface area is 192 Å². The zero-order valence-corrected chi connectivity index (χ0v) is 18.2. The topological polar surface area (TPSA) is 118 Å². The Morgan fingerprint density at radius 3 is 2.73 bits per heavy atom. The molecule has 1 atom stereocenters. The minimum Gasteiger partial charge on any atom is -0.394 e. The lowest BCUT2D eigenvalue weighted by Crippen LogP contribution is -2.27. The first-order valence-corrected chi connectivity index (χ1v) is 10.3. The molecule has 3 aromatic heterocycles.